The Labute approximate surface area is 709 Å². The number of rotatable bonds is 27. The lowest BCUT2D eigenvalue weighted by atomic mass is 9.87. The Balaban J connectivity index is 0.000000170. The lowest BCUT2D eigenvalue weighted by Gasteiger charge is -2.48. The van der Waals surface area contributed by atoms with Crippen LogP contribution in [0, 0.1) is 29.3 Å². The summed E-state index contributed by atoms with van der Waals surface area (Å²) in [6, 6.07) is 59.7. The summed E-state index contributed by atoms with van der Waals surface area (Å²) >= 11 is 5.86. The van der Waals surface area contributed by atoms with Crippen LogP contribution in [-0.4, -0.2) is 171 Å². The highest BCUT2D eigenvalue weighted by Crippen LogP contribution is 2.45. The zero-order chi connectivity index (χ0) is 87.8. The number of hydrogen-bond donors (Lipinski definition) is 2. The first-order chi connectivity index (χ1) is 57.9. The molecule has 5 aliphatic rings. The van der Waals surface area contributed by atoms with E-state index in [2.05, 4.69) is 0 Å². The average Bonchev–Trinajstić information content (AvgIpc) is 1.07. The molecule has 9 aromatic carbocycles. The van der Waals surface area contributed by atoms with Crippen LogP contribution in [0.1, 0.15) is 81.8 Å². The van der Waals surface area contributed by atoms with Crippen LogP contribution in [0.2, 0.25) is 0 Å². The average molecular weight is 1760 g/mol. The van der Waals surface area contributed by atoms with Crippen molar-refractivity contribution in [3.8, 4) is 17.2 Å². The summed E-state index contributed by atoms with van der Waals surface area (Å²) in [7, 11) is -11.8. The maximum atomic E-state index is 13.8. The molecule has 0 spiro atoms. The van der Waals surface area contributed by atoms with E-state index in [0.29, 0.717) is 33.9 Å². The Morgan fingerprint density at radius 1 is 0.451 bits per heavy atom. The van der Waals surface area contributed by atoms with Gasteiger partial charge in [0.1, 0.15) is 52.8 Å². The molecule has 27 nitrogen and oxygen atoms in total. The zero-order valence-corrected chi connectivity index (χ0v) is 70.4. The quantitative estimate of drug-likeness (QED) is 0.0209. The van der Waals surface area contributed by atoms with Crippen molar-refractivity contribution < 1.29 is 110 Å². The van der Waals surface area contributed by atoms with Crippen molar-refractivity contribution in [1.82, 2.24) is 22.7 Å². The Kier molecular flexibility index (Phi) is 27.6. The maximum Gasteiger partial charge on any atom is 0.416 e. The monoisotopic (exact) mass is 1750 g/mol. The smallest absolute Gasteiger partial charge is 0.416 e. The van der Waals surface area contributed by atoms with Crippen molar-refractivity contribution in [2.24, 2.45) is 17.6 Å². The molecule has 5 aliphatic heterocycles. The van der Waals surface area contributed by atoms with Crippen LogP contribution in [0.4, 0.5) is 22.8 Å². The fourth-order valence-electron chi connectivity index (χ4n) is 14.6. The number of carbonyl (C=O) groups is 6. The molecule has 34 heteroatoms. The van der Waals surface area contributed by atoms with E-state index in [1.54, 1.807) is 64.1 Å². The minimum absolute atomic E-state index is 0.00201. The number of nitrogens with two attached hydrogens (primary N) is 1. The van der Waals surface area contributed by atoms with Crippen molar-refractivity contribution in [3.63, 3.8) is 0 Å². The third kappa shape index (κ3) is 20.5. The molecule has 5 heterocycles. The maximum absolute atomic E-state index is 13.8. The zero-order valence-electron chi connectivity index (χ0n) is 67.2. The molecular weight excluding hydrogens is 1670 g/mol. The highest BCUT2D eigenvalue weighted by atomic mass is 35.5. The number of carboxylic acids is 1. The molecular formula is C88H90ClF3N6O21S3. The first kappa shape index (κ1) is 89.8. The number of halogens is 4. The Morgan fingerprint density at radius 2 is 0.754 bits per heavy atom. The van der Waals surface area contributed by atoms with E-state index >= 15 is 0 Å². The number of ether oxygens (including phenoxy) is 8. The van der Waals surface area contributed by atoms with Gasteiger partial charge < -0.3 is 48.7 Å². The highest BCUT2D eigenvalue weighted by molar-refractivity contribution is 7.89. The number of carboxylic acid groups (broad SMARTS) is 1. The molecule has 9 aromatic rings. The molecule has 4 unspecified atom stereocenters. The van der Waals surface area contributed by atoms with Crippen molar-refractivity contribution in [1.29, 1.82) is 0 Å². The number of aliphatic carboxylic acids is 1. The van der Waals surface area contributed by atoms with Gasteiger partial charge in [-0.05, 0) is 156 Å². The number of nitrogens with zero attached hydrogens (tertiary/aromatic N) is 5. The van der Waals surface area contributed by atoms with Crippen molar-refractivity contribution >= 4 is 77.7 Å². The second-order valence-corrected chi connectivity index (χ2v) is 37.0. The van der Waals surface area contributed by atoms with Gasteiger partial charge in [0.15, 0.2) is 34.8 Å². The van der Waals surface area contributed by atoms with Crippen molar-refractivity contribution in [2.75, 3.05) is 39.3 Å². The van der Waals surface area contributed by atoms with Crippen LogP contribution in [-0.2, 0) is 109 Å². The molecule has 5 fully saturated rings. The SMILES string of the molecule is CC(=O)OC(C)OC(=O)N1C(C(C)C)OC(=O)[C@@H]1Cc1cccc(S(=O)(=O)N2CC(Oc3ccc(F)cc3)(c3ccccc3)C2)c1.CC(Cl)OC(=O)N1C(C(C)C)OC(=O)[C@@H]1Cc1cccc(S(=O)(=O)N2CC(Oc3ccc(F)cc3)(c3ccccc3)C2)c1.N[C@@H](Cc1cccc(S(=O)(=O)N2CC(Oc3ccc(F)cc3)(c3ccccc3)C2)c1)C(=O)O. The predicted octanol–water partition coefficient (Wildman–Crippen LogP) is 12.6. The van der Waals surface area contributed by atoms with E-state index in [4.69, 9.17) is 60.3 Å². The van der Waals surface area contributed by atoms with Gasteiger partial charge in [-0.2, -0.15) is 12.9 Å². The summed E-state index contributed by atoms with van der Waals surface area (Å²) in [6.45, 7) is 11.4. The first-order valence-corrected chi connectivity index (χ1v) is 43.6. The molecule has 0 radical (unpaired) electrons. The van der Waals surface area contributed by atoms with Gasteiger partial charge in [-0.3, -0.25) is 19.4 Å². The van der Waals surface area contributed by atoms with Crippen molar-refractivity contribution in [2.45, 2.75) is 142 Å². The number of alkyl halides is 1. The molecule has 0 bridgehead atoms. The van der Waals surface area contributed by atoms with Crippen LogP contribution in [0.5, 0.6) is 17.2 Å². The molecule has 14 rings (SSSR count). The van der Waals surface area contributed by atoms with E-state index in [-0.39, 0.29) is 85.1 Å². The van der Waals surface area contributed by atoms with Gasteiger partial charge >= 0.3 is 36.1 Å². The van der Waals surface area contributed by atoms with Gasteiger partial charge in [0.05, 0.1) is 54.0 Å². The summed E-state index contributed by atoms with van der Waals surface area (Å²) in [5, 5.41) is 9.02. The highest BCUT2D eigenvalue weighted by Gasteiger charge is 2.56. The van der Waals surface area contributed by atoms with E-state index < -0.39 is 143 Å². The van der Waals surface area contributed by atoms with E-state index in [1.807, 2.05) is 91.0 Å². The van der Waals surface area contributed by atoms with Crippen LogP contribution < -0.4 is 19.9 Å². The molecule has 7 atom stereocenters. The first-order valence-electron chi connectivity index (χ1n) is 38.8. The summed E-state index contributed by atoms with van der Waals surface area (Å²) in [6.07, 6.45) is -4.71. The van der Waals surface area contributed by atoms with Gasteiger partial charge in [-0.1, -0.05) is 167 Å². The second-order valence-electron chi connectivity index (χ2n) is 30.5. The molecule has 122 heavy (non-hydrogen) atoms. The summed E-state index contributed by atoms with van der Waals surface area (Å²) in [4.78, 5) is 76.6. The third-order valence-electron chi connectivity index (χ3n) is 20.8. The molecule has 2 amide bonds. The van der Waals surface area contributed by atoms with Crippen LogP contribution in [0.15, 0.2) is 251 Å². The number of cyclic esters (lactones) is 2. The van der Waals surface area contributed by atoms with Crippen LogP contribution in [0.25, 0.3) is 0 Å². The summed E-state index contributed by atoms with van der Waals surface area (Å²) in [5.41, 5.74) is 5.65. The van der Waals surface area contributed by atoms with Gasteiger partial charge in [0.25, 0.3) is 0 Å². The third-order valence-corrected chi connectivity index (χ3v) is 26.2. The van der Waals surface area contributed by atoms with Gasteiger partial charge in [-0.25, -0.2) is 57.6 Å². The van der Waals surface area contributed by atoms with E-state index in [9.17, 15) is 67.2 Å². The minimum Gasteiger partial charge on any atom is -0.480 e. The molecule has 5 saturated heterocycles. The topological polar surface area (TPSA) is 341 Å². The fraction of sp³-hybridized carbons (Fsp3) is 0.318. The molecule has 644 valence electrons. The molecule has 0 saturated carbocycles. The number of benzene rings is 9. The number of esters is 3. The lowest BCUT2D eigenvalue weighted by molar-refractivity contribution is -0.164. The summed E-state index contributed by atoms with van der Waals surface area (Å²) in [5.74, 6) is -3.55. The van der Waals surface area contributed by atoms with Gasteiger partial charge in [0, 0.05) is 38.5 Å². The number of carbonyl (C=O) groups excluding carboxylic acids is 5. The fourth-order valence-corrected chi connectivity index (χ4v) is 19.5. The number of amides is 2. The second kappa shape index (κ2) is 37.5. The van der Waals surface area contributed by atoms with Crippen molar-refractivity contribution in [3.05, 3.63) is 287 Å². The minimum atomic E-state index is -4.01. The van der Waals surface area contributed by atoms with Gasteiger partial charge in [-0.15, -0.1) is 0 Å². The normalized spacial score (nSPS) is 19.4. The number of sulfonamides is 3. The van der Waals surface area contributed by atoms with Gasteiger partial charge in [0.2, 0.25) is 36.4 Å². The predicted molar refractivity (Wildman–Crippen MR) is 438 cm³/mol. The summed E-state index contributed by atoms with van der Waals surface area (Å²) < 4.78 is 171. The molecule has 3 N–H and O–H groups in total. The Bertz CT molecular complexity index is 5610. The standard InChI is InChI=1S/C33H35FN2O9S.C31H32ClFN2O7S.C24H23FN2O5S/c1-21(2)30-36(32(39)43-23(4)42-22(3)37)29(31(38)44-30)18-24-9-8-12-28(17-24)46(40,41)35-19-33(20-35,25-10-6-5-7-11-25)45-27-15-13-26(34)14-16-27;1-20(2)28-35(30(37)40-21(3)32)27(29(36)41-28)17-22-8-7-11-26(16-22)43(38,39)34-18-31(19-34,23-9-5-4-6-10-23)42-25-14-12-24(33)13-15-25;25-19-9-11-20(12-10-19)32-24(18-6-2-1-3-7-18)15-27(16-24)33(30,31)21-8-4-5-17(13-21)14-22(26)23(28)29/h5-17,21,23,29-30H,18-20H2,1-4H3;4-16,20-21,27-28H,17-19H2,1-3H3;1-13,22H,14-16,26H2,(H,28,29)/t23?,29-,30?;21?,27-,28?;22-/m000/s1. The Hall–Kier alpha value is -11.4. The van der Waals surface area contributed by atoms with Crippen LogP contribution in [0.3, 0.4) is 0 Å². The lowest BCUT2D eigenvalue weighted by Crippen LogP contribution is -2.64. The molecule has 0 aliphatic carbocycles. The number of hydrogen-bond acceptors (Lipinski definition) is 21. The van der Waals surface area contributed by atoms with E-state index in [0.717, 1.165) is 21.6 Å². The van der Waals surface area contributed by atoms with E-state index in [1.165, 1.54) is 148 Å². The molecule has 0 aromatic heterocycles. The van der Waals surface area contributed by atoms with Crippen LogP contribution >= 0.6 is 11.6 Å². The Morgan fingerprint density at radius 3 is 1.05 bits per heavy atom. The largest absolute Gasteiger partial charge is 0.480 e.